The first kappa shape index (κ1) is 14.9. The lowest BCUT2D eigenvalue weighted by atomic mass is 10.2. The molecular formula is C14H25N3O. The summed E-state index contributed by atoms with van der Waals surface area (Å²) in [5.41, 5.74) is 1.09. The molecule has 0 spiro atoms. The zero-order valence-corrected chi connectivity index (χ0v) is 11.4. The summed E-state index contributed by atoms with van der Waals surface area (Å²) in [4.78, 5) is 0. The Kier molecular flexibility index (Phi) is 8.17. The molecule has 0 fully saturated rings. The fraction of sp³-hybridized carbons (Fsp3) is 0.643. The van der Waals surface area contributed by atoms with Gasteiger partial charge in [-0.3, -0.25) is 4.68 Å². The number of aromatic nitrogens is 2. The molecule has 0 aliphatic rings. The van der Waals surface area contributed by atoms with Crippen molar-refractivity contribution in [3.63, 3.8) is 0 Å². The highest BCUT2D eigenvalue weighted by molar-refractivity contribution is 4.98. The highest BCUT2D eigenvalue weighted by atomic mass is 16.5. The van der Waals surface area contributed by atoms with Crippen LogP contribution in [-0.2, 0) is 17.8 Å². The van der Waals surface area contributed by atoms with Gasteiger partial charge >= 0.3 is 0 Å². The maximum absolute atomic E-state index is 4.98. The first-order chi connectivity index (χ1) is 8.86. The third-order valence-corrected chi connectivity index (χ3v) is 2.78. The number of methoxy groups -OCH3 is 1. The topological polar surface area (TPSA) is 39.1 Å². The molecule has 0 amide bonds. The van der Waals surface area contributed by atoms with Crippen LogP contribution in [0.3, 0.4) is 0 Å². The van der Waals surface area contributed by atoms with E-state index in [-0.39, 0.29) is 0 Å². The highest BCUT2D eigenvalue weighted by Crippen LogP contribution is 2.03. The van der Waals surface area contributed by atoms with Crippen LogP contribution in [0.2, 0.25) is 0 Å². The van der Waals surface area contributed by atoms with E-state index in [2.05, 4.69) is 29.3 Å². The molecule has 0 aliphatic carbocycles. The highest BCUT2D eigenvalue weighted by Gasteiger charge is 1.98. The van der Waals surface area contributed by atoms with E-state index in [0.29, 0.717) is 0 Å². The van der Waals surface area contributed by atoms with E-state index in [0.717, 1.165) is 38.4 Å². The molecule has 0 aliphatic heterocycles. The predicted molar refractivity (Wildman–Crippen MR) is 74.5 cm³/mol. The van der Waals surface area contributed by atoms with E-state index in [1.165, 1.54) is 19.3 Å². The average molecular weight is 251 g/mol. The van der Waals surface area contributed by atoms with Crippen molar-refractivity contribution < 1.29 is 4.74 Å². The Morgan fingerprint density at radius 2 is 2.33 bits per heavy atom. The van der Waals surface area contributed by atoms with Crippen LogP contribution in [0.25, 0.3) is 0 Å². The van der Waals surface area contributed by atoms with Gasteiger partial charge in [0.25, 0.3) is 0 Å². The predicted octanol–water partition coefficient (Wildman–Crippen LogP) is 2.37. The van der Waals surface area contributed by atoms with Gasteiger partial charge in [0.15, 0.2) is 0 Å². The standard InChI is InChI=1S/C14H25N3O/c1-3-4-5-6-7-10-17-11-8-14(16-17)13-15-9-12-18-2/h3,8,11,15H,1,4-7,9-10,12-13H2,2H3. The Balaban J connectivity index is 2.11. The van der Waals surface area contributed by atoms with Crippen LogP contribution in [0.15, 0.2) is 24.9 Å². The Hall–Kier alpha value is -1.13. The lowest BCUT2D eigenvalue weighted by Gasteiger charge is -2.02. The molecule has 0 saturated carbocycles. The monoisotopic (exact) mass is 251 g/mol. The third-order valence-electron chi connectivity index (χ3n) is 2.78. The van der Waals surface area contributed by atoms with Gasteiger partial charge in [0.05, 0.1) is 12.3 Å². The van der Waals surface area contributed by atoms with Crippen LogP contribution in [0.5, 0.6) is 0 Å². The first-order valence-electron chi connectivity index (χ1n) is 6.69. The number of unbranched alkanes of at least 4 members (excludes halogenated alkanes) is 3. The van der Waals surface area contributed by atoms with Crippen molar-refractivity contribution in [1.29, 1.82) is 0 Å². The second-order valence-corrected chi connectivity index (χ2v) is 4.38. The molecule has 18 heavy (non-hydrogen) atoms. The van der Waals surface area contributed by atoms with Gasteiger partial charge in [-0.1, -0.05) is 12.5 Å². The number of nitrogens with one attached hydrogen (secondary N) is 1. The summed E-state index contributed by atoms with van der Waals surface area (Å²) in [5.74, 6) is 0. The maximum Gasteiger partial charge on any atom is 0.0762 e. The van der Waals surface area contributed by atoms with Crippen LogP contribution < -0.4 is 5.32 Å². The van der Waals surface area contributed by atoms with Gasteiger partial charge in [-0.25, -0.2) is 0 Å². The Labute approximate surface area is 110 Å². The van der Waals surface area contributed by atoms with Crippen molar-refractivity contribution in [2.45, 2.75) is 38.8 Å². The molecular weight excluding hydrogens is 226 g/mol. The molecule has 0 aromatic carbocycles. The van der Waals surface area contributed by atoms with Gasteiger partial charge in [-0.15, -0.1) is 6.58 Å². The SMILES string of the molecule is C=CCCCCCn1ccc(CNCCOC)n1. The van der Waals surface area contributed by atoms with Crippen molar-refractivity contribution in [3.05, 3.63) is 30.6 Å². The molecule has 1 rings (SSSR count). The van der Waals surface area contributed by atoms with Crippen molar-refractivity contribution in [2.75, 3.05) is 20.3 Å². The van der Waals surface area contributed by atoms with Gasteiger partial charge in [0, 0.05) is 32.9 Å². The van der Waals surface area contributed by atoms with Crippen LogP contribution in [0.4, 0.5) is 0 Å². The fourth-order valence-corrected chi connectivity index (χ4v) is 1.75. The minimum absolute atomic E-state index is 0.740. The Morgan fingerprint density at radius 1 is 1.44 bits per heavy atom. The average Bonchev–Trinajstić information content (AvgIpc) is 2.82. The van der Waals surface area contributed by atoms with E-state index in [9.17, 15) is 0 Å². The molecule has 1 aromatic rings. The molecule has 102 valence electrons. The summed E-state index contributed by atoms with van der Waals surface area (Å²) in [6.45, 7) is 7.16. The molecule has 0 radical (unpaired) electrons. The smallest absolute Gasteiger partial charge is 0.0762 e. The molecule has 1 N–H and O–H groups in total. The largest absolute Gasteiger partial charge is 0.383 e. The zero-order valence-electron chi connectivity index (χ0n) is 11.4. The van der Waals surface area contributed by atoms with Crippen LogP contribution >= 0.6 is 0 Å². The number of ether oxygens (including phenoxy) is 1. The number of nitrogens with zero attached hydrogens (tertiary/aromatic N) is 2. The van der Waals surface area contributed by atoms with E-state index in [1.807, 2.05) is 10.8 Å². The van der Waals surface area contributed by atoms with Crippen molar-refractivity contribution in [2.24, 2.45) is 0 Å². The normalized spacial score (nSPS) is 10.7. The number of allylic oxidation sites excluding steroid dienone is 1. The van der Waals surface area contributed by atoms with Crippen molar-refractivity contribution in [3.8, 4) is 0 Å². The van der Waals surface area contributed by atoms with E-state index < -0.39 is 0 Å². The summed E-state index contributed by atoms with van der Waals surface area (Å²) in [6.07, 6.45) is 8.82. The molecule has 4 nitrogen and oxygen atoms in total. The second kappa shape index (κ2) is 9.85. The Morgan fingerprint density at radius 3 is 3.11 bits per heavy atom. The zero-order chi connectivity index (χ0) is 13.1. The molecule has 1 aromatic heterocycles. The van der Waals surface area contributed by atoms with E-state index >= 15 is 0 Å². The van der Waals surface area contributed by atoms with E-state index in [4.69, 9.17) is 4.74 Å². The molecule has 0 atom stereocenters. The number of hydrogen-bond donors (Lipinski definition) is 1. The van der Waals surface area contributed by atoms with Crippen LogP contribution in [-0.4, -0.2) is 30.0 Å². The van der Waals surface area contributed by atoms with Gasteiger partial charge in [-0.2, -0.15) is 5.10 Å². The van der Waals surface area contributed by atoms with Gasteiger partial charge in [-0.05, 0) is 25.3 Å². The van der Waals surface area contributed by atoms with Crippen molar-refractivity contribution >= 4 is 0 Å². The minimum Gasteiger partial charge on any atom is -0.383 e. The molecule has 0 saturated heterocycles. The summed E-state index contributed by atoms with van der Waals surface area (Å²) >= 11 is 0. The summed E-state index contributed by atoms with van der Waals surface area (Å²) in [6, 6.07) is 2.07. The van der Waals surface area contributed by atoms with Gasteiger partial charge in [0.2, 0.25) is 0 Å². The third kappa shape index (κ3) is 6.57. The molecule has 0 unspecified atom stereocenters. The molecule has 1 heterocycles. The molecule has 0 bridgehead atoms. The summed E-state index contributed by atoms with van der Waals surface area (Å²) in [7, 11) is 1.71. The lowest BCUT2D eigenvalue weighted by Crippen LogP contribution is -2.19. The number of hydrogen-bond acceptors (Lipinski definition) is 3. The Bertz CT molecular complexity index is 323. The van der Waals surface area contributed by atoms with Crippen LogP contribution in [0.1, 0.15) is 31.4 Å². The first-order valence-corrected chi connectivity index (χ1v) is 6.69. The maximum atomic E-state index is 4.98. The lowest BCUT2D eigenvalue weighted by molar-refractivity contribution is 0.199. The van der Waals surface area contributed by atoms with Gasteiger partial charge in [0.1, 0.15) is 0 Å². The van der Waals surface area contributed by atoms with Gasteiger partial charge < -0.3 is 10.1 Å². The number of aryl methyl sites for hydroxylation is 1. The van der Waals surface area contributed by atoms with Crippen molar-refractivity contribution in [1.82, 2.24) is 15.1 Å². The fourth-order valence-electron chi connectivity index (χ4n) is 1.75. The summed E-state index contributed by atoms with van der Waals surface area (Å²) < 4.78 is 7.00. The quantitative estimate of drug-likeness (QED) is 0.485. The minimum atomic E-state index is 0.740. The summed E-state index contributed by atoms with van der Waals surface area (Å²) in [5, 5.41) is 7.81. The van der Waals surface area contributed by atoms with Crippen LogP contribution in [0, 0.1) is 0 Å². The second-order valence-electron chi connectivity index (χ2n) is 4.38. The number of rotatable bonds is 11. The molecule has 4 heteroatoms. The van der Waals surface area contributed by atoms with E-state index in [1.54, 1.807) is 7.11 Å².